The van der Waals surface area contributed by atoms with Gasteiger partial charge in [-0.2, -0.15) is 0 Å². The van der Waals surface area contributed by atoms with Crippen LogP contribution in [0.15, 0.2) is 0 Å². The van der Waals surface area contributed by atoms with Gasteiger partial charge in [-0.05, 0) is 50.9 Å². The summed E-state index contributed by atoms with van der Waals surface area (Å²) in [7, 11) is -0.421. The third-order valence-electron chi connectivity index (χ3n) is 8.99. The molecule has 0 aliphatic heterocycles. The van der Waals surface area contributed by atoms with E-state index in [-0.39, 0.29) is 31.4 Å². The minimum absolute atomic E-state index is 0.00532. The molecule has 6 unspecified atom stereocenters. The van der Waals surface area contributed by atoms with Crippen LogP contribution in [-0.2, 0) is 4.74 Å². The minimum atomic E-state index is -1.57. The molecule has 0 amide bonds. The first-order chi connectivity index (χ1) is 12.5. The van der Waals surface area contributed by atoms with Crippen LogP contribution in [0, 0.1) is 28.6 Å². The highest BCUT2D eigenvalue weighted by Crippen LogP contribution is 2.82. The predicted molar refractivity (Wildman–Crippen MR) is 140 cm³/mol. The van der Waals surface area contributed by atoms with Crippen molar-refractivity contribution in [1.82, 2.24) is 0 Å². The summed E-state index contributed by atoms with van der Waals surface area (Å²) in [4.78, 5) is 0. The molecule has 0 radical (unpaired) electrons. The van der Waals surface area contributed by atoms with Crippen LogP contribution >= 0.6 is 22.0 Å². The fraction of sp³-hybridized carbons (Fsp3) is 0.875. The van der Waals surface area contributed by atoms with Crippen molar-refractivity contribution in [1.29, 1.82) is 0 Å². The van der Waals surface area contributed by atoms with Crippen LogP contribution in [0.3, 0.4) is 0 Å². The lowest BCUT2D eigenvalue weighted by Gasteiger charge is -2.45. The summed E-state index contributed by atoms with van der Waals surface area (Å²) in [5.74, 6) is 4.27. The number of fused-ring (bicyclic) bond motifs is 1. The maximum Gasteiger partial charge on any atom is 0.129 e. The third-order valence-corrected chi connectivity index (χ3v) is 20.7. The Balaban J connectivity index is 2.45. The Hall–Kier alpha value is 0.600. The SMILES string of the molecule is C=[P+](CC)CP(=C)(C[P+](=C)CC)C(C)(C)OC12C(C)C(C)(C)C(C)C1C2(C)C. The van der Waals surface area contributed by atoms with Gasteiger partial charge in [-0.1, -0.05) is 47.8 Å². The Morgan fingerprint density at radius 3 is 1.75 bits per heavy atom. The van der Waals surface area contributed by atoms with Crippen LogP contribution in [0.1, 0.15) is 69.2 Å². The highest BCUT2D eigenvalue weighted by Gasteiger charge is 2.84. The number of rotatable bonds is 9. The van der Waals surface area contributed by atoms with Gasteiger partial charge in [-0.15, -0.1) is 0 Å². The van der Waals surface area contributed by atoms with Crippen LogP contribution in [0.5, 0.6) is 0 Å². The second kappa shape index (κ2) is 7.63. The van der Waals surface area contributed by atoms with Crippen molar-refractivity contribution in [2.45, 2.75) is 80.2 Å². The van der Waals surface area contributed by atoms with E-state index >= 15 is 0 Å². The molecule has 0 heterocycles. The van der Waals surface area contributed by atoms with Gasteiger partial charge in [0, 0.05) is 12.3 Å². The molecular formula is C24H47OP3+2. The van der Waals surface area contributed by atoms with Gasteiger partial charge < -0.3 is 4.74 Å². The number of hydrogen-bond acceptors (Lipinski definition) is 1. The molecule has 2 aliphatic rings. The normalized spacial score (nSPS) is 36.4. The lowest BCUT2D eigenvalue weighted by Crippen LogP contribution is -2.43. The van der Waals surface area contributed by atoms with E-state index < -0.39 is 6.89 Å². The van der Waals surface area contributed by atoms with E-state index in [0.717, 1.165) is 0 Å². The van der Waals surface area contributed by atoms with Crippen molar-refractivity contribution in [3.63, 3.8) is 0 Å². The Morgan fingerprint density at radius 2 is 1.39 bits per heavy atom. The van der Waals surface area contributed by atoms with E-state index in [0.29, 0.717) is 23.2 Å². The van der Waals surface area contributed by atoms with Crippen molar-refractivity contribution in [2.24, 2.45) is 28.6 Å². The second-order valence-electron chi connectivity index (χ2n) is 11.3. The summed E-state index contributed by atoms with van der Waals surface area (Å²) < 4.78 is 7.40. The van der Waals surface area contributed by atoms with E-state index in [2.05, 4.69) is 81.8 Å². The average molecular weight is 445 g/mol. The lowest BCUT2D eigenvalue weighted by atomic mass is 9.68. The van der Waals surface area contributed by atoms with Gasteiger partial charge in [-0.25, -0.2) is 0 Å². The van der Waals surface area contributed by atoms with E-state index in [1.54, 1.807) is 0 Å². The first-order valence-electron chi connectivity index (χ1n) is 11.1. The first-order valence-corrected chi connectivity index (χ1v) is 17.2. The maximum absolute atomic E-state index is 7.40. The quantitative estimate of drug-likeness (QED) is 0.331. The fourth-order valence-corrected chi connectivity index (χ4v) is 18.1. The molecule has 0 aromatic rings. The Bertz CT molecular complexity index is 677. The standard InChI is InChI=1S/C24H47OP3/c1-14-26(11)16-28(13,17-27(12)15-2)23(9,10)25-24-19(4)21(5,6)18(3)20(24)22(24,7)8/h18-20H,11-17H2,1-10H3/q+2. The molecule has 0 aromatic heterocycles. The molecule has 6 atom stereocenters. The highest BCUT2D eigenvalue weighted by molar-refractivity contribution is 7.89. The maximum atomic E-state index is 7.40. The van der Waals surface area contributed by atoms with Crippen molar-refractivity contribution >= 4 is 40.9 Å². The topological polar surface area (TPSA) is 9.23 Å². The van der Waals surface area contributed by atoms with E-state index in [1.807, 2.05) is 0 Å². The molecule has 1 nitrogen and oxygen atoms in total. The van der Waals surface area contributed by atoms with Crippen LogP contribution in [0.25, 0.3) is 0 Å². The molecule has 0 aromatic carbocycles. The van der Waals surface area contributed by atoms with Gasteiger partial charge in [0.05, 0.1) is 38.6 Å². The molecule has 2 aliphatic carbocycles. The molecule has 0 N–H and O–H groups in total. The minimum Gasteiger partial charge on any atom is -0.363 e. The summed E-state index contributed by atoms with van der Waals surface area (Å²) >= 11 is 0. The van der Waals surface area contributed by atoms with E-state index in [9.17, 15) is 0 Å². The van der Waals surface area contributed by atoms with E-state index in [1.165, 1.54) is 24.1 Å². The molecule has 2 rings (SSSR count). The summed E-state index contributed by atoms with van der Waals surface area (Å²) in [6.07, 6.45) is 16.4. The van der Waals surface area contributed by atoms with Crippen LogP contribution in [0.4, 0.5) is 0 Å². The monoisotopic (exact) mass is 444 g/mol. The van der Waals surface area contributed by atoms with Gasteiger partial charge in [0.15, 0.2) is 0 Å². The van der Waals surface area contributed by atoms with Gasteiger partial charge >= 0.3 is 0 Å². The molecule has 4 heteroatoms. The summed E-state index contributed by atoms with van der Waals surface area (Å²) in [6, 6.07) is 0. The van der Waals surface area contributed by atoms with Gasteiger partial charge in [0.2, 0.25) is 0 Å². The Morgan fingerprint density at radius 1 is 0.964 bits per heavy atom. The fourth-order valence-electron chi connectivity index (χ4n) is 6.14. The van der Waals surface area contributed by atoms with Crippen molar-refractivity contribution in [2.75, 3.05) is 24.1 Å². The van der Waals surface area contributed by atoms with Crippen LogP contribution in [-0.4, -0.2) is 54.0 Å². The Kier molecular flexibility index (Phi) is 6.77. The molecule has 2 saturated carbocycles. The zero-order valence-electron chi connectivity index (χ0n) is 20.4. The van der Waals surface area contributed by atoms with Crippen molar-refractivity contribution < 1.29 is 4.74 Å². The molecular weight excluding hydrogens is 397 g/mol. The number of hydrogen-bond donors (Lipinski definition) is 0. The molecule has 0 saturated heterocycles. The lowest BCUT2D eigenvalue weighted by molar-refractivity contribution is -0.0992. The van der Waals surface area contributed by atoms with Crippen molar-refractivity contribution in [3.8, 4) is 0 Å². The first kappa shape index (κ1) is 24.9. The van der Waals surface area contributed by atoms with Crippen molar-refractivity contribution in [3.05, 3.63) is 0 Å². The zero-order chi connectivity index (χ0) is 21.9. The molecule has 0 bridgehead atoms. The summed E-state index contributed by atoms with van der Waals surface area (Å²) in [5.41, 5.74) is 0.571. The average Bonchev–Trinajstić information content (AvgIpc) is 3.00. The highest BCUT2D eigenvalue weighted by atomic mass is 31.2. The van der Waals surface area contributed by atoms with Crippen LogP contribution in [0.2, 0.25) is 0 Å². The molecule has 0 spiro atoms. The smallest absolute Gasteiger partial charge is 0.129 e. The summed E-state index contributed by atoms with van der Waals surface area (Å²) in [5, 5.41) is -0.172. The molecule has 28 heavy (non-hydrogen) atoms. The third kappa shape index (κ3) is 3.50. The molecule has 2 fully saturated rings. The Labute approximate surface area is 178 Å². The van der Waals surface area contributed by atoms with E-state index in [4.69, 9.17) is 11.0 Å². The second-order valence-corrected chi connectivity index (χ2v) is 20.9. The van der Waals surface area contributed by atoms with Crippen LogP contribution < -0.4 is 0 Å². The predicted octanol–water partition coefficient (Wildman–Crippen LogP) is 7.68. The van der Waals surface area contributed by atoms with Gasteiger partial charge in [0.1, 0.15) is 24.1 Å². The number of ether oxygens (including phenoxy) is 1. The molecule has 162 valence electrons. The largest absolute Gasteiger partial charge is 0.363 e. The summed E-state index contributed by atoms with van der Waals surface area (Å²) in [6.45, 7) is 22.4. The zero-order valence-corrected chi connectivity index (χ0v) is 23.1. The van der Waals surface area contributed by atoms with Gasteiger partial charge in [-0.3, -0.25) is 0 Å². The van der Waals surface area contributed by atoms with Gasteiger partial charge in [0.25, 0.3) is 0 Å².